The number of amides is 1. The Labute approximate surface area is 262 Å². The molecule has 0 bridgehead atoms. The zero-order valence-electron chi connectivity index (χ0n) is 27.1. The van der Waals surface area contributed by atoms with Crippen molar-refractivity contribution < 1.29 is 9.90 Å². The summed E-state index contributed by atoms with van der Waals surface area (Å²) in [4.78, 5) is 21.2. The number of allylic oxidation sites excluding steroid dienone is 1. The van der Waals surface area contributed by atoms with E-state index in [-0.39, 0.29) is 23.6 Å². The average Bonchev–Trinajstić information content (AvgIpc) is 2.96. The van der Waals surface area contributed by atoms with Gasteiger partial charge in [0.2, 0.25) is 0 Å². The summed E-state index contributed by atoms with van der Waals surface area (Å²) in [7, 11) is 0. The maximum Gasteiger partial charge on any atom is 0.256 e. The van der Waals surface area contributed by atoms with Crippen molar-refractivity contribution in [2.75, 3.05) is 11.9 Å². The van der Waals surface area contributed by atoms with Crippen LogP contribution in [0.1, 0.15) is 128 Å². The van der Waals surface area contributed by atoms with E-state index in [1.807, 2.05) is 31.2 Å². The van der Waals surface area contributed by atoms with Gasteiger partial charge in [0.05, 0.1) is 23.0 Å². The van der Waals surface area contributed by atoms with Crippen LogP contribution in [0.2, 0.25) is 0 Å². The third-order valence-electron chi connectivity index (χ3n) is 8.36. The number of phenols is 1. The summed E-state index contributed by atoms with van der Waals surface area (Å²) in [5.41, 5.74) is 9.23. The van der Waals surface area contributed by atoms with Gasteiger partial charge in [0, 0.05) is 29.3 Å². The van der Waals surface area contributed by atoms with Gasteiger partial charge in [-0.25, -0.2) is 0 Å². The van der Waals surface area contributed by atoms with Crippen LogP contribution in [0, 0.1) is 0 Å². The molecule has 42 heavy (non-hydrogen) atoms. The molecule has 0 spiro atoms. The van der Waals surface area contributed by atoms with E-state index >= 15 is 0 Å². The number of halogens is 1. The second-order valence-corrected chi connectivity index (χ2v) is 12.7. The van der Waals surface area contributed by atoms with Gasteiger partial charge >= 0.3 is 0 Å². The monoisotopic (exact) mass is 635 g/mol. The average molecular weight is 637 g/mol. The lowest BCUT2D eigenvalue weighted by atomic mass is 9.83. The molecule has 0 fully saturated rings. The molecule has 228 valence electrons. The van der Waals surface area contributed by atoms with Crippen molar-refractivity contribution >= 4 is 39.4 Å². The predicted octanol–water partition coefficient (Wildman–Crippen LogP) is 10.6. The van der Waals surface area contributed by atoms with Crippen molar-refractivity contribution in [3.8, 4) is 5.75 Å². The molecule has 3 rings (SSSR count). The number of hydrogen-bond acceptors (Lipinski definition) is 4. The van der Waals surface area contributed by atoms with Crippen LogP contribution in [-0.2, 0) is 0 Å². The lowest BCUT2D eigenvalue weighted by Gasteiger charge is -2.41. The summed E-state index contributed by atoms with van der Waals surface area (Å²) in [5, 5.41) is 14.6. The third-order valence-corrected chi connectivity index (χ3v) is 9.05. The molecule has 0 aliphatic carbocycles. The zero-order chi connectivity index (χ0) is 31.1. The summed E-state index contributed by atoms with van der Waals surface area (Å²) in [6.45, 7) is 19.8. The molecular formula is C36H50BrN3O2. The van der Waals surface area contributed by atoms with Crippen molar-refractivity contribution in [2.24, 2.45) is 4.99 Å². The quantitative estimate of drug-likeness (QED) is 0.191. The van der Waals surface area contributed by atoms with E-state index in [1.54, 1.807) is 6.21 Å². The first kappa shape index (κ1) is 33.6. The topological polar surface area (TPSA) is 64.9 Å². The van der Waals surface area contributed by atoms with Gasteiger partial charge in [0.25, 0.3) is 5.91 Å². The van der Waals surface area contributed by atoms with Crippen LogP contribution in [0.25, 0.3) is 0 Å². The second-order valence-electron chi connectivity index (χ2n) is 11.9. The van der Waals surface area contributed by atoms with Gasteiger partial charge in [-0.2, -0.15) is 0 Å². The zero-order valence-corrected chi connectivity index (χ0v) is 28.7. The molecule has 0 radical (unpaired) electrons. The fourth-order valence-electron chi connectivity index (χ4n) is 6.01. The first-order valence-corrected chi connectivity index (χ1v) is 16.4. The van der Waals surface area contributed by atoms with Gasteiger partial charge in [-0.1, -0.05) is 82.5 Å². The number of nitrogens with zero attached hydrogens (tertiary/aromatic N) is 2. The molecule has 2 N–H and O–H groups in total. The third kappa shape index (κ3) is 7.19. The number of hydrogen-bond donors (Lipinski definition) is 2. The Morgan fingerprint density at radius 3 is 2.40 bits per heavy atom. The first-order valence-electron chi connectivity index (χ1n) is 15.6. The molecule has 1 amide bonds. The minimum absolute atomic E-state index is 0.0162. The second kappa shape index (κ2) is 15.0. The molecule has 1 aliphatic rings. The Kier molecular flexibility index (Phi) is 12.0. The number of nitrogens with one attached hydrogen (secondary N) is 1. The van der Waals surface area contributed by atoms with Crippen molar-refractivity contribution in [1.29, 1.82) is 0 Å². The number of aliphatic imine (C=N–C) groups is 1. The molecule has 2 aromatic carbocycles. The molecule has 0 saturated heterocycles. The van der Waals surface area contributed by atoms with E-state index < -0.39 is 0 Å². The van der Waals surface area contributed by atoms with Gasteiger partial charge in [-0.05, 0) is 91.5 Å². The van der Waals surface area contributed by atoms with Crippen LogP contribution < -0.4 is 5.32 Å². The van der Waals surface area contributed by atoms with Crippen LogP contribution in [0.4, 0.5) is 11.4 Å². The van der Waals surface area contributed by atoms with E-state index in [2.05, 4.69) is 87.6 Å². The summed E-state index contributed by atoms with van der Waals surface area (Å²) < 4.78 is 0.974. The highest BCUT2D eigenvalue weighted by Gasteiger charge is 2.35. The molecular weight excluding hydrogens is 586 g/mol. The van der Waals surface area contributed by atoms with E-state index in [0.29, 0.717) is 30.1 Å². The summed E-state index contributed by atoms with van der Waals surface area (Å²) >= 11 is 3.71. The minimum Gasteiger partial charge on any atom is -0.506 e. The fraction of sp³-hybridized carbons (Fsp3) is 0.500. The lowest BCUT2D eigenvalue weighted by molar-refractivity contribution is 0.0692. The Bertz CT molecular complexity index is 1370. The number of benzene rings is 2. The normalized spacial score (nSPS) is 16.6. The van der Waals surface area contributed by atoms with Gasteiger partial charge in [-0.15, -0.1) is 0 Å². The first-order chi connectivity index (χ1) is 20.0. The molecule has 2 aromatic rings. The highest BCUT2D eigenvalue weighted by molar-refractivity contribution is 9.10. The molecule has 5 nitrogen and oxygen atoms in total. The number of anilines is 1. The van der Waals surface area contributed by atoms with E-state index in [0.717, 1.165) is 52.7 Å². The SMILES string of the molecule is CC=Nc1c(C(=O)N2CCC(Nc3ccc(C(C)C)cc3O)=C(C(CCC)=C(C)CC)C2CC)ccc(Br)c1C(C)C. The fourth-order valence-corrected chi connectivity index (χ4v) is 6.78. The van der Waals surface area contributed by atoms with Gasteiger partial charge < -0.3 is 15.3 Å². The Morgan fingerprint density at radius 1 is 1.14 bits per heavy atom. The van der Waals surface area contributed by atoms with Crippen molar-refractivity contribution in [3.63, 3.8) is 0 Å². The largest absolute Gasteiger partial charge is 0.506 e. The van der Waals surface area contributed by atoms with Gasteiger partial charge in [0.1, 0.15) is 5.75 Å². The number of phenolic OH excluding ortho intramolecular Hbond substituents is 1. The van der Waals surface area contributed by atoms with Crippen LogP contribution in [-0.4, -0.2) is 34.7 Å². The van der Waals surface area contributed by atoms with Gasteiger partial charge in [-0.3, -0.25) is 9.79 Å². The van der Waals surface area contributed by atoms with Crippen LogP contribution in [0.15, 0.2) is 62.2 Å². The Morgan fingerprint density at radius 2 is 1.86 bits per heavy atom. The number of carbonyl (C=O) groups is 1. The Hall–Kier alpha value is -2.86. The lowest BCUT2D eigenvalue weighted by Crippen LogP contribution is -2.46. The van der Waals surface area contributed by atoms with Crippen molar-refractivity contribution in [3.05, 3.63) is 73.9 Å². The number of aromatic hydroxyl groups is 1. The van der Waals surface area contributed by atoms with E-state index in [9.17, 15) is 9.90 Å². The Balaban J connectivity index is 2.20. The standard InChI is InChI=1S/C36H50BrN3O2/c1-10-14-26(24(9)11-2)34-30(39-29-18-15-25(22(5)6)21-32(29)41)19-20-40(31(34)12-3)36(42)27-16-17-28(37)33(23(7)8)35(27)38-13-4/h13,15-18,21-23,31,39,41H,10-12,14,19-20H2,1-9H3. The molecule has 0 saturated carbocycles. The number of carbonyl (C=O) groups excluding carboxylic acids is 1. The molecule has 1 aliphatic heterocycles. The summed E-state index contributed by atoms with van der Waals surface area (Å²) in [5.74, 6) is 0.816. The minimum atomic E-state index is -0.0986. The number of rotatable bonds is 11. The summed E-state index contributed by atoms with van der Waals surface area (Å²) in [6, 6.07) is 9.72. The smallest absolute Gasteiger partial charge is 0.256 e. The van der Waals surface area contributed by atoms with Crippen molar-refractivity contribution in [2.45, 2.75) is 112 Å². The summed E-state index contributed by atoms with van der Waals surface area (Å²) in [6.07, 6.45) is 6.14. The van der Waals surface area contributed by atoms with Crippen LogP contribution in [0.3, 0.4) is 0 Å². The van der Waals surface area contributed by atoms with Crippen molar-refractivity contribution in [1.82, 2.24) is 4.90 Å². The maximum atomic E-state index is 14.5. The highest BCUT2D eigenvalue weighted by atomic mass is 79.9. The van der Waals surface area contributed by atoms with Crippen LogP contribution >= 0.6 is 15.9 Å². The van der Waals surface area contributed by atoms with E-state index in [4.69, 9.17) is 4.99 Å². The molecule has 6 heteroatoms. The molecule has 0 aromatic heterocycles. The predicted molar refractivity (Wildman–Crippen MR) is 183 cm³/mol. The molecule has 1 atom stereocenters. The van der Waals surface area contributed by atoms with Crippen LogP contribution in [0.5, 0.6) is 5.75 Å². The highest BCUT2D eigenvalue weighted by Crippen LogP contribution is 2.41. The van der Waals surface area contributed by atoms with E-state index in [1.165, 1.54) is 16.7 Å². The molecule has 1 heterocycles. The maximum absolute atomic E-state index is 14.5. The molecule has 1 unspecified atom stereocenters. The van der Waals surface area contributed by atoms with Gasteiger partial charge in [0.15, 0.2) is 0 Å².